The van der Waals surface area contributed by atoms with Gasteiger partial charge in [0.05, 0.1) is 17.8 Å². The molecule has 0 saturated carbocycles. The summed E-state index contributed by atoms with van der Waals surface area (Å²) in [5.41, 5.74) is 1.23. The summed E-state index contributed by atoms with van der Waals surface area (Å²) in [7, 11) is 0. The Morgan fingerprint density at radius 1 is 1.28 bits per heavy atom. The van der Waals surface area contributed by atoms with E-state index in [0.29, 0.717) is 12.1 Å². The fraction of sp³-hybridized carbons (Fsp3) is 0.533. The second kappa shape index (κ2) is 6.01. The van der Waals surface area contributed by atoms with Gasteiger partial charge < -0.3 is 5.32 Å². The number of fused-ring (bicyclic) bond motifs is 1. The summed E-state index contributed by atoms with van der Waals surface area (Å²) in [6.07, 6.45) is 4.24. The first kappa shape index (κ1) is 13.1. The molecule has 0 bridgehead atoms. The van der Waals surface area contributed by atoms with E-state index >= 15 is 0 Å². The van der Waals surface area contributed by atoms with Crippen molar-refractivity contribution in [3.8, 4) is 0 Å². The van der Waals surface area contributed by atoms with Gasteiger partial charge in [0.2, 0.25) is 0 Å². The number of para-hydroxylation sites is 1. The van der Waals surface area contributed by atoms with E-state index in [0.717, 1.165) is 13.0 Å². The van der Waals surface area contributed by atoms with Crippen molar-refractivity contribution in [1.29, 1.82) is 0 Å². The first-order valence-electron chi connectivity index (χ1n) is 6.88. The summed E-state index contributed by atoms with van der Waals surface area (Å²) in [4.78, 5) is 0. The minimum atomic E-state index is 0.421. The summed E-state index contributed by atoms with van der Waals surface area (Å²) in [6, 6.07) is 9.34. The normalized spacial score (nSPS) is 14.8. The minimum absolute atomic E-state index is 0.421. The second-order valence-corrected chi connectivity index (χ2v) is 5.09. The molecule has 0 aliphatic heterocycles. The quantitative estimate of drug-likeness (QED) is 0.845. The standard InChI is InChI=1S/C15H23N3/c1-4-9-16-12(2)10-13(3)18-15-8-6-5-7-14(15)11-17-18/h5-8,11-13,16H,4,9-10H2,1-3H3. The van der Waals surface area contributed by atoms with Crippen LogP contribution >= 0.6 is 0 Å². The van der Waals surface area contributed by atoms with Crippen LogP contribution in [0, 0.1) is 0 Å². The van der Waals surface area contributed by atoms with Gasteiger partial charge in [0, 0.05) is 11.4 Å². The third kappa shape index (κ3) is 2.91. The van der Waals surface area contributed by atoms with Gasteiger partial charge in [-0.3, -0.25) is 4.68 Å². The Morgan fingerprint density at radius 2 is 2.06 bits per heavy atom. The van der Waals surface area contributed by atoms with E-state index in [2.05, 4.69) is 60.1 Å². The van der Waals surface area contributed by atoms with Crippen molar-refractivity contribution in [3.05, 3.63) is 30.5 Å². The molecule has 0 aliphatic carbocycles. The van der Waals surface area contributed by atoms with Gasteiger partial charge in [-0.05, 0) is 39.3 Å². The van der Waals surface area contributed by atoms with Gasteiger partial charge >= 0.3 is 0 Å². The maximum Gasteiger partial charge on any atom is 0.0685 e. The average molecular weight is 245 g/mol. The lowest BCUT2D eigenvalue weighted by Crippen LogP contribution is -2.29. The zero-order valence-electron chi connectivity index (χ0n) is 11.6. The van der Waals surface area contributed by atoms with Gasteiger partial charge in [-0.2, -0.15) is 5.10 Å². The van der Waals surface area contributed by atoms with E-state index in [1.807, 2.05) is 6.20 Å². The van der Waals surface area contributed by atoms with Crippen LogP contribution in [0.5, 0.6) is 0 Å². The van der Waals surface area contributed by atoms with Gasteiger partial charge in [0.15, 0.2) is 0 Å². The summed E-state index contributed by atoms with van der Waals surface area (Å²) in [5, 5.41) is 9.27. The number of nitrogens with zero attached hydrogens (tertiary/aromatic N) is 2. The van der Waals surface area contributed by atoms with Crippen LogP contribution in [0.2, 0.25) is 0 Å². The molecule has 0 spiro atoms. The summed E-state index contributed by atoms with van der Waals surface area (Å²) in [6.45, 7) is 7.78. The zero-order chi connectivity index (χ0) is 13.0. The predicted molar refractivity (Wildman–Crippen MR) is 76.8 cm³/mol. The molecule has 0 amide bonds. The van der Waals surface area contributed by atoms with Crippen LogP contribution in [0.4, 0.5) is 0 Å². The third-order valence-corrected chi connectivity index (χ3v) is 3.36. The zero-order valence-corrected chi connectivity index (χ0v) is 11.6. The summed E-state index contributed by atoms with van der Waals surface area (Å²) < 4.78 is 2.14. The molecule has 1 heterocycles. The average Bonchev–Trinajstić information content (AvgIpc) is 2.80. The number of nitrogens with one attached hydrogen (secondary N) is 1. The molecular weight excluding hydrogens is 222 g/mol. The van der Waals surface area contributed by atoms with Crippen LogP contribution in [-0.2, 0) is 0 Å². The van der Waals surface area contributed by atoms with Gasteiger partial charge in [0.1, 0.15) is 0 Å². The van der Waals surface area contributed by atoms with Crippen molar-refractivity contribution in [3.63, 3.8) is 0 Å². The number of hydrogen-bond acceptors (Lipinski definition) is 2. The fourth-order valence-electron chi connectivity index (χ4n) is 2.43. The highest BCUT2D eigenvalue weighted by atomic mass is 15.3. The van der Waals surface area contributed by atoms with Crippen molar-refractivity contribution in [1.82, 2.24) is 15.1 Å². The lowest BCUT2D eigenvalue weighted by molar-refractivity contribution is 0.397. The maximum absolute atomic E-state index is 4.52. The van der Waals surface area contributed by atoms with Gasteiger partial charge in [-0.15, -0.1) is 0 Å². The van der Waals surface area contributed by atoms with Crippen molar-refractivity contribution in [2.75, 3.05) is 6.54 Å². The topological polar surface area (TPSA) is 29.9 Å². The molecule has 2 rings (SSSR count). The Morgan fingerprint density at radius 3 is 2.83 bits per heavy atom. The van der Waals surface area contributed by atoms with E-state index in [4.69, 9.17) is 0 Å². The highest BCUT2D eigenvalue weighted by Gasteiger charge is 2.12. The number of rotatable bonds is 6. The Hall–Kier alpha value is -1.35. The third-order valence-electron chi connectivity index (χ3n) is 3.36. The van der Waals surface area contributed by atoms with E-state index in [9.17, 15) is 0 Å². The molecule has 1 aromatic heterocycles. The molecule has 2 unspecified atom stereocenters. The van der Waals surface area contributed by atoms with Gasteiger partial charge in [-0.1, -0.05) is 25.1 Å². The van der Waals surface area contributed by atoms with Crippen LogP contribution in [0.1, 0.15) is 39.7 Å². The molecule has 18 heavy (non-hydrogen) atoms. The van der Waals surface area contributed by atoms with Crippen molar-refractivity contribution in [2.45, 2.75) is 45.7 Å². The van der Waals surface area contributed by atoms with Crippen molar-refractivity contribution in [2.24, 2.45) is 0 Å². The first-order chi connectivity index (χ1) is 8.72. The largest absolute Gasteiger partial charge is 0.314 e. The Kier molecular flexibility index (Phi) is 4.37. The molecule has 2 aromatic rings. The first-order valence-corrected chi connectivity index (χ1v) is 6.88. The maximum atomic E-state index is 4.52. The molecule has 1 N–H and O–H groups in total. The molecule has 3 nitrogen and oxygen atoms in total. The Balaban J connectivity index is 2.06. The van der Waals surface area contributed by atoms with Gasteiger partial charge in [-0.25, -0.2) is 0 Å². The SMILES string of the molecule is CCCNC(C)CC(C)n1ncc2ccccc21. The van der Waals surface area contributed by atoms with E-state index in [-0.39, 0.29) is 0 Å². The monoisotopic (exact) mass is 245 g/mol. The van der Waals surface area contributed by atoms with E-state index < -0.39 is 0 Å². The number of hydrogen-bond donors (Lipinski definition) is 1. The Labute approximate surface area is 109 Å². The highest BCUT2D eigenvalue weighted by Crippen LogP contribution is 2.20. The molecule has 0 radical (unpaired) electrons. The molecule has 0 aliphatic rings. The summed E-state index contributed by atoms with van der Waals surface area (Å²) >= 11 is 0. The van der Waals surface area contributed by atoms with E-state index in [1.54, 1.807) is 0 Å². The smallest absolute Gasteiger partial charge is 0.0685 e. The lowest BCUT2D eigenvalue weighted by atomic mass is 10.1. The molecule has 1 aromatic carbocycles. The molecule has 98 valence electrons. The molecule has 0 fully saturated rings. The van der Waals surface area contributed by atoms with Crippen molar-refractivity contribution >= 4 is 10.9 Å². The fourth-order valence-corrected chi connectivity index (χ4v) is 2.43. The minimum Gasteiger partial charge on any atom is -0.314 e. The Bertz CT molecular complexity index is 489. The van der Waals surface area contributed by atoms with Crippen LogP contribution in [0.3, 0.4) is 0 Å². The lowest BCUT2D eigenvalue weighted by Gasteiger charge is -2.19. The molecule has 2 atom stereocenters. The highest BCUT2D eigenvalue weighted by molar-refractivity contribution is 5.78. The van der Waals surface area contributed by atoms with Gasteiger partial charge in [0.25, 0.3) is 0 Å². The number of benzene rings is 1. The van der Waals surface area contributed by atoms with Crippen LogP contribution in [-0.4, -0.2) is 22.4 Å². The van der Waals surface area contributed by atoms with E-state index in [1.165, 1.54) is 17.3 Å². The number of aromatic nitrogens is 2. The molecule has 3 heteroatoms. The summed E-state index contributed by atoms with van der Waals surface area (Å²) in [5.74, 6) is 0. The van der Waals surface area contributed by atoms with Crippen LogP contribution in [0.15, 0.2) is 30.5 Å². The second-order valence-electron chi connectivity index (χ2n) is 5.09. The molecule has 0 saturated heterocycles. The van der Waals surface area contributed by atoms with Crippen LogP contribution in [0.25, 0.3) is 10.9 Å². The van der Waals surface area contributed by atoms with Crippen molar-refractivity contribution < 1.29 is 0 Å². The predicted octanol–water partition coefficient (Wildman–Crippen LogP) is 3.38. The van der Waals surface area contributed by atoms with Crippen LogP contribution < -0.4 is 5.32 Å². The molecular formula is C15H23N3.